The maximum Gasteiger partial charge on any atom is 0.408 e. The lowest BCUT2D eigenvalue weighted by Crippen LogP contribution is -2.28. The van der Waals surface area contributed by atoms with E-state index in [1.54, 1.807) is 0 Å². The molecule has 5 rings (SSSR count). The van der Waals surface area contributed by atoms with Gasteiger partial charge in [0.25, 0.3) is 0 Å². The van der Waals surface area contributed by atoms with Crippen LogP contribution >= 0.6 is 11.6 Å². The highest BCUT2D eigenvalue weighted by Crippen LogP contribution is 2.37. The zero-order chi connectivity index (χ0) is 23.1. The van der Waals surface area contributed by atoms with Crippen LogP contribution in [0.15, 0.2) is 24.3 Å². The molecular weight excluding hydrogens is 444 g/mol. The van der Waals surface area contributed by atoms with Crippen LogP contribution in [-0.4, -0.2) is 46.9 Å². The third-order valence-electron chi connectivity index (χ3n) is 6.27. The van der Waals surface area contributed by atoms with Crippen LogP contribution in [0.1, 0.15) is 60.3 Å². The van der Waals surface area contributed by atoms with Crippen LogP contribution in [0, 0.1) is 13.8 Å². The van der Waals surface area contributed by atoms with Gasteiger partial charge in [0, 0.05) is 22.7 Å². The molecule has 0 spiro atoms. The van der Waals surface area contributed by atoms with Gasteiger partial charge in [-0.05, 0) is 63.3 Å². The molecule has 0 saturated heterocycles. The summed E-state index contributed by atoms with van der Waals surface area (Å²) in [5.74, 6) is 3.03. The molecular formula is C23H25ClN6O3. The number of aryl methyl sites for hydroxylation is 2. The second-order valence-corrected chi connectivity index (χ2v) is 9.14. The molecule has 3 aromatic rings. The molecule has 33 heavy (non-hydrogen) atoms. The van der Waals surface area contributed by atoms with E-state index >= 15 is 0 Å². The Kier molecular flexibility index (Phi) is 5.65. The van der Waals surface area contributed by atoms with Crippen molar-refractivity contribution in [2.45, 2.75) is 64.6 Å². The molecule has 1 aromatic carbocycles. The van der Waals surface area contributed by atoms with Crippen molar-refractivity contribution in [2.24, 2.45) is 0 Å². The number of carbonyl (C=O) groups is 1. The summed E-state index contributed by atoms with van der Waals surface area (Å²) in [7, 11) is 0. The van der Waals surface area contributed by atoms with Gasteiger partial charge in [-0.25, -0.2) is 9.78 Å². The quantitative estimate of drug-likeness (QED) is 0.606. The zero-order valence-corrected chi connectivity index (χ0v) is 19.3. The number of fused-ring (bicyclic) bond motifs is 3. The summed E-state index contributed by atoms with van der Waals surface area (Å²) in [6, 6.07) is 7.44. The molecule has 172 valence electrons. The fourth-order valence-corrected chi connectivity index (χ4v) is 4.97. The molecule has 1 aliphatic heterocycles. The van der Waals surface area contributed by atoms with Crippen molar-refractivity contribution in [3.63, 3.8) is 0 Å². The van der Waals surface area contributed by atoms with E-state index in [0.29, 0.717) is 22.6 Å². The van der Waals surface area contributed by atoms with E-state index in [0.717, 1.165) is 48.5 Å². The van der Waals surface area contributed by atoms with E-state index in [1.165, 1.54) is 4.90 Å². The largest absolute Gasteiger partial charge is 0.474 e. The first-order valence-electron chi connectivity index (χ1n) is 11.1. The molecule has 1 aliphatic carbocycles. The molecule has 1 amide bonds. The van der Waals surface area contributed by atoms with Gasteiger partial charge in [0.2, 0.25) is 5.88 Å². The van der Waals surface area contributed by atoms with Gasteiger partial charge in [0.15, 0.2) is 5.82 Å². The highest BCUT2D eigenvalue weighted by molar-refractivity contribution is 6.30. The molecule has 10 heteroatoms. The Morgan fingerprint density at radius 3 is 2.61 bits per heavy atom. The average Bonchev–Trinajstić information content (AvgIpc) is 3.09. The Morgan fingerprint density at radius 1 is 1.09 bits per heavy atom. The second kappa shape index (κ2) is 8.62. The summed E-state index contributed by atoms with van der Waals surface area (Å²) in [6.45, 7) is 4.24. The van der Waals surface area contributed by atoms with Gasteiger partial charge in [-0.1, -0.05) is 11.6 Å². The summed E-state index contributed by atoms with van der Waals surface area (Å²) >= 11 is 6.22. The van der Waals surface area contributed by atoms with Gasteiger partial charge in [0.1, 0.15) is 17.8 Å². The van der Waals surface area contributed by atoms with Crippen molar-refractivity contribution in [1.82, 2.24) is 29.6 Å². The number of amides is 1. The number of carboxylic acid groups (broad SMARTS) is 1. The fraction of sp³-hybridized carbons (Fsp3) is 0.435. The third-order valence-corrected chi connectivity index (χ3v) is 6.51. The SMILES string of the molecule is Cc1cc(OC2CCC(c3nnc4n3-c3ccc(Cl)cc3CN(C(=O)O)C4)CC2)nc(C)n1. The number of aromatic nitrogens is 5. The van der Waals surface area contributed by atoms with E-state index in [4.69, 9.17) is 16.3 Å². The first-order valence-corrected chi connectivity index (χ1v) is 11.4. The van der Waals surface area contributed by atoms with Crippen molar-refractivity contribution in [2.75, 3.05) is 0 Å². The number of ether oxygens (including phenoxy) is 1. The van der Waals surface area contributed by atoms with Crippen LogP contribution in [0.3, 0.4) is 0 Å². The molecule has 0 unspecified atom stereocenters. The highest BCUT2D eigenvalue weighted by Gasteiger charge is 2.32. The van der Waals surface area contributed by atoms with E-state index in [2.05, 4.69) is 20.2 Å². The molecule has 3 heterocycles. The fourth-order valence-electron chi connectivity index (χ4n) is 4.78. The number of rotatable bonds is 3. The Labute approximate surface area is 196 Å². The van der Waals surface area contributed by atoms with Gasteiger partial charge in [-0.3, -0.25) is 9.47 Å². The average molecular weight is 469 g/mol. The topological polar surface area (TPSA) is 106 Å². The van der Waals surface area contributed by atoms with Gasteiger partial charge in [-0.2, -0.15) is 4.98 Å². The summed E-state index contributed by atoms with van der Waals surface area (Å²) in [5, 5.41) is 19.1. The Morgan fingerprint density at radius 2 is 1.88 bits per heavy atom. The molecule has 0 atom stereocenters. The summed E-state index contributed by atoms with van der Waals surface area (Å²) < 4.78 is 8.17. The molecule has 1 fully saturated rings. The van der Waals surface area contributed by atoms with Crippen molar-refractivity contribution < 1.29 is 14.6 Å². The molecule has 1 saturated carbocycles. The monoisotopic (exact) mass is 468 g/mol. The van der Waals surface area contributed by atoms with Crippen molar-refractivity contribution in [1.29, 1.82) is 0 Å². The smallest absolute Gasteiger partial charge is 0.408 e. The lowest BCUT2D eigenvalue weighted by molar-refractivity contribution is 0.137. The van der Waals surface area contributed by atoms with Crippen LogP contribution in [0.25, 0.3) is 5.69 Å². The zero-order valence-electron chi connectivity index (χ0n) is 18.5. The maximum absolute atomic E-state index is 11.8. The minimum Gasteiger partial charge on any atom is -0.474 e. The minimum atomic E-state index is -0.994. The van der Waals surface area contributed by atoms with Crippen LogP contribution in [-0.2, 0) is 13.1 Å². The van der Waals surface area contributed by atoms with Crippen molar-refractivity contribution in [3.05, 3.63) is 58.0 Å². The lowest BCUT2D eigenvalue weighted by Gasteiger charge is -2.28. The number of hydrogen-bond acceptors (Lipinski definition) is 6. The molecule has 9 nitrogen and oxygen atoms in total. The van der Waals surface area contributed by atoms with Crippen LogP contribution in [0.4, 0.5) is 4.79 Å². The lowest BCUT2D eigenvalue weighted by atomic mass is 9.86. The van der Waals surface area contributed by atoms with Crippen LogP contribution in [0.2, 0.25) is 5.02 Å². The van der Waals surface area contributed by atoms with Gasteiger partial charge in [-0.15, -0.1) is 10.2 Å². The minimum absolute atomic E-state index is 0.0927. The number of benzene rings is 1. The number of halogens is 1. The molecule has 2 aromatic heterocycles. The van der Waals surface area contributed by atoms with E-state index in [-0.39, 0.29) is 25.1 Å². The number of hydrogen-bond donors (Lipinski definition) is 1. The third kappa shape index (κ3) is 4.37. The Hall–Kier alpha value is -3.20. The normalized spacial score (nSPS) is 20.0. The summed E-state index contributed by atoms with van der Waals surface area (Å²) in [4.78, 5) is 21.8. The second-order valence-electron chi connectivity index (χ2n) is 8.71. The van der Waals surface area contributed by atoms with Gasteiger partial charge >= 0.3 is 6.09 Å². The van der Waals surface area contributed by atoms with Crippen molar-refractivity contribution in [3.8, 4) is 11.6 Å². The van der Waals surface area contributed by atoms with Crippen LogP contribution in [0.5, 0.6) is 5.88 Å². The first kappa shape index (κ1) is 21.6. The molecule has 2 aliphatic rings. The highest BCUT2D eigenvalue weighted by atomic mass is 35.5. The van der Waals surface area contributed by atoms with E-state index < -0.39 is 6.09 Å². The van der Waals surface area contributed by atoms with Crippen LogP contribution < -0.4 is 4.74 Å². The predicted molar refractivity (Wildman–Crippen MR) is 121 cm³/mol. The maximum atomic E-state index is 11.8. The van der Waals surface area contributed by atoms with E-state index in [1.807, 2.05) is 42.7 Å². The summed E-state index contributed by atoms with van der Waals surface area (Å²) in [6.07, 6.45) is 2.66. The summed E-state index contributed by atoms with van der Waals surface area (Å²) in [5.41, 5.74) is 2.63. The molecule has 1 N–H and O–H groups in total. The predicted octanol–water partition coefficient (Wildman–Crippen LogP) is 4.43. The number of nitrogens with zero attached hydrogens (tertiary/aromatic N) is 6. The van der Waals surface area contributed by atoms with Crippen molar-refractivity contribution >= 4 is 17.7 Å². The van der Waals surface area contributed by atoms with Gasteiger partial charge < -0.3 is 9.84 Å². The Balaban J connectivity index is 1.38. The van der Waals surface area contributed by atoms with Gasteiger partial charge in [0.05, 0.1) is 18.8 Å². The first-order chi connectivity index (χ1) is 15.9. The van der Waals surface area contributed by atoms with E-state index in [9.17, 15) is 9.90 Å². The Bertz CT molecular complexity index is 1180. The molecule has 0 radical (unpaired) electrons. The standard InChI is InChI=1S/C23H25ClN6O3/c1-13-9-21(26-14(2)25-13)33-18-6-3-15(4-7-18)22-28-27-20-12-29(23(31)32)11-16-10-17(24)5-8-19(16)30(20)22/h5,8-10,15,18H,3-4,6-7,11-12H2,1-2H3,(H,31,32). The molecule has 0 bridgehead atoms.